The minimum atomic E-state index is -5.44. The van der Waals surface area contributed by atoms with Gasteiger partial charge in [-0.1, -0.05) is 12.1 Å². The Labute approximate surface area is 247 Å². The molecule has 44 heavy (non-hydrogen) atoms. The number of nitro benzene ring substituents is 1. The lowest BCUT2D eigenvalue weighted by atomic mass is 10.0. The van der Waals surface area contributed by atoms with E-state index >= 15 is 0 Å². The smallest absolute Gasteiger partial charge is 0.477 e. The Bertz CT molecular complexity index is 1510. The lowest BCUT2D eigenvalue weighted by Crippen LogP contribution is -2.30. The van der Waals surface area contributed by atoms with Crippen LogP contribution in [0.4, 0.5) is 17.2 Å². The normalized spacial score (nSPS) is 19.5. The number of nitrogens with zero attached hydrogens (tertiary/aromatic N) is 3. The molecule has 0 radical (unpaired) electrons. The molecule has 1 amide bonds. The molecule has 3 rings (SSSR count). The van der Waals surface area contributed by atoms with Crippen LogP contribution < -0.4 is 10.1 Å². The summed E-state index contributed by atoms with van der Waals surface area (Å²) in [5, 5.41) is 24.9. The van der Waals surface area contributed by atoms with Crippen LogP contribution in [0.2, 0.25) is 0 Å². The quantitative estimate of drug-likeness (QED) is 0.0976. The molecule has 240 valence electrons. The molecule has 0 saturated carbocycles. The summed E-state index contributed by atoms with van der Waals surface area (Å²) in [5.74, 6) is -2.18. The molecule has 4 unspecified atom stereocenters. The molecule has 4 atom stereocenters. The average molecular weight is 664 g/mol. The van der Waals surface area contributed by atoms with E-state index < -0.39 is 73.8 Å². The second-order valence-electron chi connectivity index (χ2n) is 9.09. The van der Waals surface area contributed by atoms with Crippen molar-refractivity contribution in [1.82, 2.24) is 4.98 Å². The van der Waals surface area contributed by atoms with Gasteiger partial charge in [0.1, 0.15) is 12.2 Å². The summed E-state index contributed by atoms with van der Waals surface area (Å²) >= 11 is 0. The average Bonchev–Trinajstić information content (AvgIpc) is 3.27. The molecule has 0 bridgehead atoms. The first-order valence-electron chi connectivity index (χ1n) is 12.3. The van der Waals surface area contributed by atoms with Crippen LogP contribution >= 0.6 is 15.6 Å². The van der Waals surface area contributed by atoms with Gasteiger partial charge < -0.3 is 34.2 Å². The number of ether oxygens (including phenoxy) is 3. The predicted molar refractivity (Wildman–Crippen MR) is 144 cm³/mol. The summed E-state index contributed by atoms with van der Waals surface area (Å²) in [7, 11) is -10.7. The number of pyridine rings is 1. The largest absolute Gasteiger partial charge is 0.481 e. The molecule has 20 nitrogen and oxygen atoms in total. The maximum absolute atomic E-state index is 11.9. The summed E-state index contributed by atoms with van der Waals surface area (Å²) in [6, 6.07) is 6.59. The highest BCUT2D eigenvalue weighted by molar-refractivity contribution is 7.60. The van der Waals surface area contributed by atoms with Gasteiger partial charge in [0.05, 0.1) is 34.7 Å². The van der Waals surface area contributed by atoms with E-state index in [9.17, 15) is 43.8 Å². The Kier molecular flexibility index (Phi) is 11.2. The summed E-state index contributed by atoms with van der Waals surface area (Å²) in [5.41, 5.74) is -0.191. The third-order valence-corrected chi connectivity index (χ3v) is 7.89. The molecule has 1 saturated heterocycles. The molecule has 4 N–H and O–H groups in total. The van der Waals surface area contributed by atoms with Crippen molar-refractivity contribution in [3.63, 3.8) is 0 Å². The Morgan fingerprint density at radius 3 is 2.32 bits per heavy atom. The van der Waals surface area contributed by atoms with Crippen LogP contribution in [-0.2, 0) is 43.4 Å². The minimum Gasteiger partial charge on any atom is -0.477 e. The van der Waals surface area contributed by atoms with Crippen LogP contribution in [0.1, 0.15) is 37.5 Å². The van der Waals surface area contributed by atoms with Crippen molar-refractivity contribution in [3.05, 3.63) is 61.7 Å². The third kappa shape index (κ3) is 10.1. The maximum atomic E-state index is 11.9. The Morgan fingerprint density at radius 2 is 1.77 bits per heavy atom. The van der Waals surface area contributed by atoms with E-state index in [0.29, 0.717) is 5.56 Å². The maximum Gasteiger partial charge on any atom is 0.481 e. The van der Waals surface area contributed by atoms with E-state index in [0.717, 1.165) is 19.9 Å². The third-order valence-electron chi connectivity index (χ3n) is 5.74. The number of esters is 1. The van der Waals surface area contributed by atoms with E-state index in [2.05, 4.69) is 19.1 Å². The van der Waals surface area contributed by atoms with Crippen LogP contribution in [-0.4, -0.2) is 66.8 Å². The number of non-ortho nitro benzene ring substituents is 1. The van der Waals surface area contributed by atoms with Gasteiger partial charge in [0.25, 0.3) is 5.69 Å². The van der Waals surface area contributed by atoms with Gasteiger partial charge in [-0.15, -0.1) is 0 Å². The van der Waals surface area contributed by atoms with E-state index in [1.54, 1.807) is 0 Å². The number of anilines is 1. The van der Waals surface area contributed by atoms with Crippen molar-refractivity contribution >= 4 is 44.7 Å². The Hall–Kier alpha value is -3.87. The molecule has 1 aliphatic rings. The second kappa shape index (κ2) is 14.3. The van der Waals surface area contributed by atoms with E-state index in [-0.39, 0.29) is 36.6 Å². The predicted octanol–water partition coefficient (Wildman–Crippen LogP) is 2.47. The molecule has 0 aliphatic carbocycles. The topological polar surface area (TPSA) is 286 Å². The zero-order valence-electron chi connectivity index (χ0n) is 22.8. The van der Waals surface area contributed by atoms with E-state index in [1.165, 1.54) is 24.3 Å². The highest BCUT2D eigenvalue weighted by Gasteiger charge is 2.43. The SMILES string of the molecule is CC(=O)Nc1nc(OCCc2ccc([N+](=O)[O-])cc2)c(C2CC(OC(C)=O)C(COP(=O)(O)OP(=O)(O)O)O2)cc1[N+](=O)[O-]. The van der Waals surface area contributed by atoms with Crippen LogP contribution in [0.3, 0.4) is 0 Å². The highest BCUT2D eigenvalue weighted by atomic mass is 31.3. The minimum absolute atomic E-state index is 0.0483. The molecule has 1 fully saturated rings. The van der Waals surface area contributed by atoms with Crippen molar-refractivity contribution in [1.29, 1.82) is 0 Å². The summed E-state index contributed by atoms with van der Waals surface area (Å²) in [6.07, 6.45) is -3.71. The van der Waals surface area contributed by atoms with Gasteiger partial charge in [-0.3, -0.25) is 34.3 Å². The summed E-state index contributed by atoms with van der Waals surface area (Å²) in [4.78, 5) is 76.0. The lowest BCUT2D eigenvalue weighted by molar-refractivity contribution is -0.384. The van der Waals surface area contributed by atoms with Crippen molar-refractivity contribution in [2.45, 2.75) is 45.0 Å². The molecule has 22 heteroatoms. The molecule has 2 heterocycles. The summed E-state index contributed by atoms with van der Waals surface area (Å²) < 4.78 is 48.0. The van der Waals surface area contributed by atoms with Gasteiger partial charge in [0.2, 0.25) is 17.6 Å². The number of phosphoric ester groups is 1. The van der Waals surface area contributed by atoms with Crippen LogP contribution in [0.5, 0.6) is 5.88 Å². The number of aromatic nitrogens is 1. The number of amides is 1. The fourth-order valence-corrected chi connectivity index (χ4v) is 5.62. The number of hydrogen-bond donors (Lipinski definition) is 4. The Morgan fingerprint density at radius 1 is 1.11 bits per heavy atom. The van der Waals surface area contributed by atoms with Gasteiger partial charge in [0.15, 0.2) is 0 Å². The Balaban J connectivity index is 1.91. The standard InChI is InChI=1S/C22H26N4O16P2/c1-12(27)23-21-17(26(31)32)9-16(22(24-21)38-8-7-14-3-5-15(6-4-14)25(29)30)18-10-19(40-13(2)28)20(41-18)11-39-44(36,37)42-43(33,34)35/h3-6,9,18-20H,7-8,10-11H2,1-2H3,(H,36,37)(H,23,24,27)(H2,33,34,35). The number of carbonyl (C=O) groups excluding carboxylic acids is 2. The molecule has 2 aromatic rings. The van der Waals surface area contributed by atoms with Gasteiger partial charge in [0, 0.05) is 44.9 Å². The second-order valence-corrected chi connectivity index (χ2v) is 11.9. The first-order chi connectivity index (χ1) is 20.4. The first kappa shape index (κ1) is 34.6. The lowest BCUT2D eigenvalue weighted by Gasteiger charge is -2.20. The van der Waals surface area contributed by atoms with Crippen LogP contribution in [0.25, 0.3) is 0 Å². The van der Waals surface area contributed by atoms with Crippen molar-refractivity contribution < 1.29 is 66.3 Å². The fraction of sp³-hybridized carbons (Fsp3) is 0.409. The van der Waals surface area contributed by atoms with Crippen molar-refractivity contribution in [2.75, 3.05) is 18.5 Å². The zero-order valence-corrected chi connectivity index (χ0v) is 24.6. The number of carbonyl (C=O) groups is 2. The number of phosphoric acid groups is 2. The van der Waals surface area contributed by atoms with E-state index in [1.807, 2.05) is 0 Å². The molecule has 1 aliphatic heterocycles. The summed E-state index contributed by atoms with van der Waals surface area (Å²) in [6.45, 7) is 1.17. The van der Waals surface area contributed by atoms with Gasteiger partial charge in [-0.25, -0.2) is 9.13 Å². The molecule has 0 spiro atoms. The highest BCUT2D eigenvalue weighted by Crippen LogP contribution is 2.58. The van der Waals surface area contributed by atoms with Gasteiger partial charge in [-0.05, 0) is 5.56 Å². The monoisotopic (exact) mass is 664 g/mol. The number of hydrogen-bond acceptors (Lipinski definition) is 14. The zero-order chi connectivity index (χ0) is 32.8. The number of rotatable bonds is 14. The molecular formula is C22H26N4O16P2. The number of nitro groups is 2. The number of benzene rings is 1. The van der Waals surface area contributed by atoms with Crippen molar-refractivity contribution in [2.24, 2.45) is 0 Å². The van der Waals surface area contributed by atoms with E-state index in [4.69, 9.17) is 24.0 Å². The van der Waals surface area contributed by atoms with Crippen molar-refractivity contribution in [3.8, 4) is 5.88 Å². The molecular weight excluding hydrogens is 638 g/mol. The van der Waals surface area contributed by atoms with Crippen LogP contribution in [0, 0.1) is 20.2 Å². The van der Waals surface area contributed by atoms with Gasteiger partial charge in [-0.2, -0.15) is 9.29 Å². The number of nitrogens with one attached hydrogen (secondary N) is 1. The molecule has 1 aromatic carbocycles. The molecule has 1 aromatic heterocycles. The first-order valence-corrected chi connectivity index (χ1v) is 15.4. The fourth-order valence-electron chi connectivity index (χ4n) is 4.02. The van der Waals surface area contributed by atoms with Crippen LogP contribution in [0.15, 0.2) is 30.3 Å². The van der Waals surface area contributed by atoms with Gasteiger partial charge >= 0.3 is 27.3 Å².